The maximum atomic E-state index is 12.4. The molecule has 0 unspecified atom stereocenters. The van der Waals surface area contributed by atoms with Crippen molar-refractivity contribution in [3.05, 3.63) is 58.6 Å². The minimum Gasteiger partial charge on any atom is -0.497 e. The van der Waals surface area contributed by atoms with Crippen molar-refractivity contribution in [3.63, 3.8) is 0 Å². The largest absolute Gasteiger partial charge is 0.497 e. The smallest absolute Gasteiger partial charge is 0.261 e. The van der Waals surface area contributed by atoms with Gasteiger partial charge in [0.15, 0.2) is 0 Å². The van der Waals surface area contributed by atoms with Crippen molar-refractivity contribution in [2.45, 2.75) is 6.54 Å². The molecule has 4 rings (SSSR count). The average molecular weight is 324 g/mol. The third kappa shape index (κ3) is 2.19. The summed E-state index contributed by atoms with van der Waals surface area (Å²) in [6.45, 7) is 0.189. The molecule has 0 atom stereocenters. The van der Waals surface area contributed by atoms with Gasteiger partial charge in [-0.15, -0.1) is 11.3 Å². The van der Waals surface area contributed by atoms with Gasteiger partial charge in [0.2, 0.25) is 0 Å². The highest BCUT2D eigenvalue weighted by molar-refractivity contribution is 7.18. The standard InChI is InChI=1S/C17H12N2O3S/c1-22-10-6-7-14-13(8-10)18-15(23-14)9-19-16(20)11-4-2-3-5-12(11)17(19)21/h2-8H,9H2,1H3. The number of ether oxygens (including phenoxy) is 1. The zero-order valence-corrected chi connectivity index (χ0v) is 13.1. The van der Waals surface area contributed by atoms with Crippen molar-refractivity contribution < 1.29 is 14.3 Å². The van der Waals surface area contributed by atoms with Crippen LogP contribution in [0.4, 0.5) is 0 Å². The van der Waals surface area contributed by atoms with E-state index < -0.39 is 0 Å². The number of thiazole rings is 1. The molecule has 1 aliphatic heterocycles. The van der Waals surface area contributed by atoms with Gasteiger partial charge >= 0.3 is 0 Å². The lowest BCUT2D eigenvalue weighted by atomic mass is 10.1. The molecule has 0 spiro atoms. The Morgan fingerprint density at radius 1 is 1.09 bits per heavy atom. The van der Waals surface area contributed by atoms with Crippen LogP contribution in [0.2, 0.25) is 0 Å². The molecule has 0 radical (unpaired) electrons. The lowest BCUT2D eigenvalue weighted by Crippen LogP contribution is -2.28. The molecule has 2 heterocycles. The molecule has 0 fully saturated rings. The highest BCUT2D eigenvalue weighted by Crippen LogP contribution is 2.29. The quantitative estimate of drug-likeness (QED) is 0.695. The van der Waals surface area contributed by atoms with Gasteiger partial charge in [0.05, 0.1) is 35.0 Å². The van der Waals surface area contributed by atoms with Crippen molar-refractivity contribution in [2.24, 2.45) is 0 Å². The summed E-state index contributed by atoms with van der Waals surface area (Å²) >= 11 is 1.47. The number of carbonyl (C=O) groups excluding carboxylic acids is 2. The number of methoxy groups -OCH3 is 1. The van der Waals surface area contributed by atoms with E-state index in [0.717, 1.165) is 21.0 Å². The van der Waals surface area contributed by atoms with E-state index in [2.05, 4.69) is 4.98 Å². The van der Waals surface area contributed by atoms with E-state index in [1.54, 1.807) is 31.4 Å². The second-order valence-corrected chi connectivity index (χ2v) is 6.30. The number of carbonyl (C=O) groups is 2. The van der Waals surface area contributed by atoms with Crippen LogP contribution in [0, 0.1) is 0 Å². The minimum atomic E-state index is -0.262. The fourth-order valence-electron chi connectivity index (χ4n) is 2.67. The number of rotatable bonds is 3. The van der Waals surface area contributed by atoms with Crippen LogP contribution in [0.5, 0.6) is 5.75 Å². The summed E-state index contributed by atoms with van der Waals surface area (Å²) in [6, 6.07) is 12.5. The van der Waals surface area contributed by atoms with Crippen molar-refractivity contribution in [1.29, 1.82) is 0 Å². The third-order valence-corrected chi connectivity index (χ3v) is 4.83. The Hall–Kier alpha value is -2.73. The summed E-state index contributed by atoms with van der Waals surface area (Å²) in [7, 11) is 1.60. The molecule has 0 bridgehead atoms. The Kier molecular flexibility index (Phi) is 3.12. The Labute approximate surface area is 136 Å². The number of nitrogens with zero attached hydrogens (tertiary/aromatic N) is 2. The lowest BCUT2D eigenvalue weighted by molar-refractivity contribution is 0.0642. The van der Waals surface area contributed by atoms with Crippen LogP contribution >= 0.6 is 11.3 Å². The van der Waals surface area contributed by atoms with E-state index in [1.165, 1.54) is 16.2 Å². The van der Waals surface area contributed by atoms with Gasteiger partial charge in [-0.3, -0.25) is 14.5 Å². The minimum absolute atomic E-state index is 0.189. The molecule has 2 aromatic carbocycles. The van der Waals surface area contributed by atoms with Gasteiger partial charge in [0, 0.05) is 6.07 Å². The molecular weight excluding hydrogens is 312 g/mol. The van der Waals surface area contributed by atoms with E-state index in [0.29, 0.717) is 11.1 Å². The van der Waals surface area contributed by atoms with E-state index in [4.69, 9.17) is 4.74 Å². The number of amides is 2. The summed E-state index contributed by atoms with van der Waals surface area (Å²) in [4.78, 5) is 30.5. The van der Waals surface area contributed by atoms with Crippen LogP contribution in [0.15, 0.2) is 42.5 Å². The number of benzene rings is 2. The molecule has 0 saturated carbocycles. The molecule has 114 valence electrons. The van der Waals surface area contributed by atoms with E-state index in [9.17, 15) is 9.59 Å². The second-order valence-electron chi connectivity index (χ2n) is 5.18. The Bertz CT molecular complexity index is 913. The maximum absolute atomic E-state index is 12.4. The van der Waals surface area contributed by atoms with Gasteiger partial charge in [-0.05, 0) is 24.3 Å². The van der Waals surface area contributed by atoms with Crippen LogP contribution in [-0.4, -0.2) is 28.8 Å². The second kappa shape index (κ2) is 5.17. The predicted molar refractivity (Wildman–Crippen MR) is 86.8 cm³/mol. The monoisotopic (exact) mass is 324 g/mol. The molecular formula is C17H12N2O3S. The number of hydrogen-bond donors (Lipinski definition) is 0. The number of imide groups is 1. The molecule has 3 aromatic rings. The first-order chi connectivity index (χ1) is 11.2. The normalized spacial score (nSPS) is 13.7. The fourth-order valence-corrected chi connectivity index (χ4v) is 3.60. The van der Waals surface area contributed by atoms with Gasteiger partial charge in [-0.25, -0.2) is 4.98 Å². The van der Waals surface area contributed by atoms with Crippen LogP contribution < -0.4 is 4.74 Å². The summed E-state index contributed by atoms with van der Waals surface area (Å²) in [5.41, 5.74) is 1.72. The van der Waals surface area contributed by atoms with Crippen LogP contribution in [0.3, 0.4) is 0 Å². The van der Waals surface area contributed by atoms with Crippen LogP contribution in [0.25, 0.3) is 10.2 Å². The Balaban J connectivity index is 1.66. The molecule has 2 amide bonds. The van der Waals surface area contributed by atoms with Crippen molar-refractivity contribution in [2.75, 3.05) is 7.11 Å². The van der Waals surface area contributed by atoms with Gasteiger partial charge in [0.1, 0.15) is 10.8 Å². The van der Waals surface area contributed by atoms with E-state index >= 15 is 0 Å². The molecule has 1 aromatic heterocycles. The van der Waals surface area contributed by atoms with Crippen LogP contribution in [-0.2, 0) is 6.54 Å². The molecule has 5 nitrogen and oxygen atoms in total. The van der Waals surface area contributed by atoms with E-state index in [-0.39, 0.29) is 18.4 Å². The number of fused-ring (bicyclic) bond motifs is 2. The predicted octanol–water partition coefficient (Wildman–Crippen LogP) is 3.10. The summed E-state index contributed by atoms with van der Waals surface area (Å²) in [5, 5.41) is 0.725. The first kappa shape index (κ1) is 13.9. The van der Waals surface area contributed by atoms with Crippen molar-refractivity contribution >= 4 is 33.4 Å². The SMILES string of the molecule is COc1ccc2sc(CN3C(=O)c4ccccc4C3=O)nc2c1. The summed E-state index contributed by atoms with van der Waals surface area (Å²) in [5.74, 6) is 0.208. The summed E-state index contributed by atoms with van der Waals surface area (Å²) < 4.78 is 6.18. The lowest BCUT2D eigenvalue weighted by Gasteiger charge is -2.11. The van der Waals surface area contributed by atoms with E-state index in [1.807, 2.05) is 18.2 Å². The zero-order chi connectivity index (χ0) is 16.0. The van der Waals surface area contributed by atoms with Gasteiger partial charge in [-0.1, -0.05) is 12.1 Å². The van der Waals surface area contributed by atoms with Crippen molar-refractivity contribution in [1.82, 2.24) is 9.88 Å². The van der Waals surface area contributed by atoms with Gasteiger partial charge < -0.3 is 4.74 Å². The van der Waals surface area contributed by atoms with Gasteiger partial charge in [0.25, 0.3) is 11.8 Å². The third-order valence-electron chi connectivity index (χ3n) is 3.81. The Morgan fingerprint density at radius 2 is 1.78 bits per heavy atom. The molecule has 0 aliphatic carbocycles. The Morgan fingerprint density at radius 3 is 2.43 bits per heavy atom. The molecule has 0 N–H and O–H groups in total. The van der Waals surface area contributed by atoms with Crippen molar-refractivity contribution in [3.8, 4) is 5.75 Å². The zero-order valence-electron chi connectivity index (χ0n) is 12.3. The number of hydrogen-bond acceptors (Lipinski definition) is 5. The first-order valence-corrected chi connectivity index (χ1v) is 7.87. The molecule has 23 heavy (non-hydrogen) atoms. The first-order valence-electron chi connectivity index (χ1n) is 7.06. The molecule has 6 heteroatoms. The highest BCUT2D eigenvalue weighted by Gasteiger charge is 2.35. The topological polar surface area (TPSA) is 59.5 Å². The van der Waals surface area contributed by atoms with Gasteiger partial charge in [-0.2, -0.15) is 0 Å². The molecule has 0 saturated heterocycles. The summed E-state index contributed by atoms with van der Waals surface area (Å²) in [6.07, 6.45) is 0. The van der Waals surface area contributed by atoms with Crippen LogP contribution in [0.1, 0.15) is 25.7 Å². The molecule has 1 aliphatic rings. The maximum Gasteiger partial charge on any atom is 0.261 e. The fraction of sp³-hybridized carbons (Fsp3) is 0.118. The number of aromatic nitrogens is 1. The average Bonchev–Trinajstić information content (AvgIpc) is 3.09. The highest BCUT2D eigenvalue weighted by atomic mass is 32.1.